The molecule has 3 amide bonds. The molecule has 8 nitrogen and oxygen atoms in total. The smallest absolute Gasteiger partial charge is 0.263 e. The number of benzene rings is 2. The number of carbonyl (C=O) groups excluding carboxylic acids is 3. The average molecular weight is 542 g/mol. The van der Waals surface area contributed by atoms with Gasteiger partial charge in [0.1, 0.15) is 0 Å². The van der Waals surface area contributed by atoms with Crippen LogP contribution in [0.1, 0.15) is 41.9 Å². The Bertz CT molecular complexity index is 1360. The van der Waals surface area contributed by atoms with Gasteiger partial charge < -0.3 is 9.84 Å². The minimum atomic E-state index is -2.39. The van der Waals surface area contributed by atoms with Gasteiger partial charge in [-0.25, -0.2) is 0 Å². The fourth-order valence-electron chi connectivity index (χ4n) is 4.64. The molecule has 1 aromatic heterocycles. The van der Waals surface area contributed by atoms with Gasteiger partial charge in [0.2, 0.25) is 11.6 Å². The molecule has 37 heavy (non-hydrogen) atoms. The van der Waals surface area contributed by atoms with Crippen molar-refractivity contribution in [2.45, 2.75) is 38.1 Å². The van der Waals surface area contributed by atoms with Crippen molar-refractivity contribution in [3.63, 3.8) is 0 Å². The van der Waals surface area contributed by atoms with E-state index in [9.17, 15) is 19.5 Å². The largest absolute Gasteiger partial charge is 0.376 e. The van der Waals surface area contributed by atoms with E-state index in [1.165, 1.54) is 25.1 Å². The molecule has 2 N–H and O–H groups in total. The first kappa shape index (κ1) is 26.8. The summed E-state index contributed by atoms with van der Waals surface area (Å²) < 4.78 is 5.92. The zero-order valence-electron chi connectivity index (χ0n) is 20.4. The van der Waals surface area contributed by atoms with Gasteiger partial charge in [-0.05, 0) is 42.3 Å². The molecule has 0 radical (unpaired) electrons. The van der Waals surface area contributed by atoms with Crippen molar-refractivity contribution in [1.29, 1.82) is 0 Å². The summed E-state index contributed by atoms with van der Waals surface area (Å²) in [6.45, 7) is 2.67. The van der Waals surface area contributed by atoms with Gasteiger partial charge in [0, 0.05) is 30.3 Å². The summed E-state index contributed by atoms with van der Waals surface area (Å²) in [6.07, 6.45) is 1.46. The fraction of sp³-hybridized carbons (Fsp3) is 0.259. The first-order valence-corrected chi connectivity index (χ1v) is 12.3. The van der Waals surface area contributed by atoms with Crippen LogP contribution in [0.15, 0.2) is 60.8 Å². The van der Waals surface area contributed by atoms with E-state index in [0.717, 1.165) is 0 Å². The molecule has 10 heteroatoms. The van der Waals surface area contributed by atoms with Crippen LogP contribution in [0, 0.1) is 0 Å². The number of hydrogen-bond acceptors (Lipinski definition) is 6. The lowest BCUT2D eigenvalue weighted by Gasteiger charge is -2.46. The summed E-state index contributed by atoms with van der Waals surface area (Å²) in [4.78, 5) is 45.0. The third kappa shape index (κ3) is 4.51. The quantitative estimate of drug-likeness (QED) is 0.461. The Labute approximate surface area is 224 Å². The number of nitrogens with one attached hydrogen (secondary N) is 1. The normalized spacial score (nSPS) is 18.3. The molecule has 2 atom stereocenters. The van der Waals surface area contributed by atoms with Crippen LogP contribution in [0.4, 0.5) is 0 Å². The number of halogens is 2. The number of hydrogen-bond donors (Lipinski definition) is 2. The molecule has 0 aliphatic carbocycles. The molecule has 0 bridgehead atoms. The molecule has 0 fully saturated rings. The van der Waals surface area contributed by atoms with E-state index in [1.807, 2.05) is 0 Å². The zero-order valence-corrected chi connectivity index (χ0v) is 21.9. The molecule has 3 aromatic rings. The molecule has 192 valence electrons. The first-order chi connectivity index (χ1) is 17.6. The predicted molar refractivity (Wildman–Crippen MR) is 139 cm³/mol. The van der Waals surface area contributed by atoms with Crippen LogP contribution < -0.4 is 5.32 Å². The lowest BCUT2D eigenvalue weighted by atomic mass is 9.83. The van der Waals surface area contributed by atoms with Gasteiger partial charge in [0.15, 0.2) is 5.60 Å². The molecule has 0 spiro atoms. The second kappa shape index (κ2) is 10.2. The Morgan fingerprint density at radius 1 is 1.11 bits per heavy atom. The van der Waals surface area contributed by atoms with Crippen LogP contribution in [0.25, 0.3) is 11.1 Å². The van der Waals surface area contributed by atoms with Crippen LogP contribution in [0.5, 0.6) is 0 Å². The van der Waals surface area contributed by atoms with Gasteiger partial charge in [-0.15, -0.1) is 0 Å². The van der Waals surface area contributed by atoms with Crippen molar-refractivity contribution in [2.75, 3.05) is 7.11 Å². The molecular formula is C27H25Cl2N3O5. The van der Waals surface area contributed by atoms with E-state index < -0.39 is 29.0 Å². The van der Waals surface area contributed by atoms with Crippen molar-refractivity contribution in [3.05, 3.63) is 87.7 Å². The molecule has 0 saturated heterocycles. The molecular weight excluding hydrogens is 517 g/mol. The van der Waals surface area contributed by atoms with Gasteiger partial charge in [-0.1, -0.05) is 60.5 Å². The Kier molecular flexibility index (Phi) is 7.39. The maximum absolute atomic E-state index is 14.1. The number of nitrogens with zero attached hydrogens (tertiary/aromatic N) is 2. The fourth-order valence-corrected chi connectivity index (χ4v) is 4.88. The second-order valence-electron chi connectivity index (χ2n) is 8.75. The number of aliphatic hydroxyl groups is 1. The number of ether oxygens (including phenoxy) is 1. The number of amides is 3. The Hall–Kier alpha value is -3.30. The van der Waals surface area contributed by atoms with Crippen molar-refractivity contribution >= 4 is 40.9 Å². The third-order valence-corrected chi connectivity index (χ3v) is 6.98. The summed E-state index contributed by atoms with van der Waals surface area (Å²) in [6, 6.07) is 15.3. The molecule has 1 unspecified atom stereocenters. The van der Waals surface area contributed by atoms with E-state index in [2.05, 4.69) is 10.3 Å². The summed E-state index contributed by atoms with van der Waals surface area (Å²) >= 11 is 12.1. The number of aromatic nitrogens is 1. The number of rotatable bonds is 7. The van der Waals surface area contributed by atoms with E-state index in [4.69, 9.17) is 27.9 Å². The summed E-state index contributed by atoms with van der Waals surface area (Å²) in [5, 5.41) is 14.9. The molecule has 4 rings (SSSR count). The summed E-state index contributed by atoms with van der Waals surface area (Å²) in [5.41, 5.74) is -2.16. The van der Waals surface area contributed by atoms with E-state index >= 15 is 0 Å². The van der Waals surface area contributed by atoms with Crippen LogP contribution in [-0.2, 0) is 26.6 Å². The standard InChI is InChI=1S/C27H25Cl2N3O5/c1-4-22(33)31-25(35)26(2,36)27(37-3)21-7-5-6-20(16-8-10-17(28)11-9-16)23(21)24(34)32(27)15-19-13-12-18(29)14-30-19/h5-14,36H,4,15H2,1-3H3,(H,31,33,35)/t26?,27-/m1/s1. The van der Waals surface area contributed by atoms with Gasteiger partial charge in [0.05, 0.1) is 22.8 Å². The van der Waals surface area contributed by atoms with Crippen molar-refractivity contribution in [3.8, 4) is 11.1 Å². The Balaban J connectivity index is 1.95. The topological polar surface area (TPSA) is 109 Å². The highest BCUT2D eigenvalue weighted by Gasteiger charge is 2.64. The number of carbonyl (C=O) groups is 3. The first-order valence-electron chi connectivity index (χ1n) is 11.5. The number of fused-ring (bicyclic) bond motifs is 1. The van der Waals surface area contributed by atoms with E-state index in [0.29, 0.717) is 26.9 Å². The molecule has 1 aliphatic heterocycles. The van der Waals surface area contributed by atoms with Gasteiger partial charge in [-0.2, -0.15) is 0 Å². The highest BCUT2D eigenvalue weighted by Crippen LogP contribution is 2.50. The molecule has 0 saturated carbocycles. The third-order valence-electron chi connectivity index (χ3n) is 6.50. The molecule has 1 aliphatic rings. The van der Waals surface area contributed by atoms with Crippen molar-refractivity contribution < 1.29 is 24.2 Å². The minimum Gasteiger partial charge on any atom is -0.376 e. The van der Waals surface area contributed by atoms with Crippen LogP contribution in [-0.4, -0.2) is 45.4 Å². The average Bonchev–Trinajstić information content (AvgIpc) is 3.14. The lowest BCUT2D eigenvalue weighted by molar-refractivity contribution is -0.229. The number of methoxy groups -OCH3 is 1. The van der Waals surface area contributed by atoms with Crippen molar-refractivity contribution in [1.82, 2.24) is 15.2 Å². The van der Waals surface area contributed by atoms with Crippen LogP contribution >= 0.6 is 23.2 Å². The van der Waals surface area contributed by atoms with E-state index in [1.54, 1.807) is 61.5 Å². The van der Waals surface area contributed by atoms with Gasteiger partial charge >= 0.3 is 0 Å². The van der Waals surface area contributed by atoms with Gasteiger partial charge in [-0.3, -0.25) is 29.6 Å². The second-order valence-corrected chi connectivity index (χ2v) is 9.62. The van der Waals surface area contributed by atoms with E-state index in [-0.39, 0.29) is 24.1 Å². The summed E-state index contributed by atoms with van der Waals surface area (Å²) in [5.74, 6) is -2.08. The SMILES string of the molecule is CCC(=O)NC(=O)C(C)(O)[C@]1(OC)c2cccc(-c3ccc(Cl)cc3)c2C(=O)N1Cc1ccc(Cl)cn1. The predicted octanol–water partition coefficient (Wildman–Crippen LogP) is 4.31. The highest BCUT2D eigenvalue weighted by molar-refractivity contribution is 6.30. The number of imide groups is 1. The highest BCUT2D eigenvalue weighted by atomic mass is 35.5. The van der Waals surface area contributed by atoms with Gasteiger partial charge in [0.25, 0.3) is 11.8 Å². The monoisotopic (exact) mass is 541 g/mol. The maximum Gasteiger partial charge on any atom is 0.263 e. The zero-order chi connectivity index (χ0) is 27.0. The lowest BCUT2D eigenvalue weighted by Crippen LogP contribution is -2.66. The van der Waals surface area contributed by atoms with Crippen molar-refractivity contribution in [2.24, 2.45) is 0 Å². The molecule has 2 heterocycles. The number of pyridine rings is 1. The van der Waals surface area contributed by atoms with Crippen LogP contribution in [0.3, 0.4) is 0 Å². The van der Waals surface area contributed by atoms with Crippen LogP contribution in [0.2, 0.25) is 10.0 Å². The maximum atomic E-state index is 14.1. The Morgan fingerprint density at radius 2 is 1.78 bits per heavy atom. The minimum absolute atomic E-state index is 0.0242. The Morgan fingerprint density at radius 3 is 2.38 bits per heavy atom. The summed E-state index contributed by atoms with van der Waals surface area (Å²) in [7, 11) is 1.29. The molecule has 2 aromatic carbocycles.